The van der Waals surface area contributed by atoms with Gasteiger partial charge in [0, 0.05) is 35.2 Å². The van der Waals surface area contributed by atoms with Gasteiger partial charge in [-0.3, -0.25) is 4.90 Å². The fourth-order valence-corrected chi connectivity index (χ4v) is 2.61. The van der Waals surface area contributed by atoms with E-state index in [1.54, 1.807) is 0 Å². The first-order valence-corrected chi connectivity index (χ1v) is 6.21. The first-order valence-electron chi connectivity index (χ1n) is 5.04. The van der Waals surface area contributed by atoms with Gasteiger partial charge in [-0.2, -0.15) is 0 Å². The van der Waals surface area contributed by atoms with E-state index in [1.165, 1.54) is 5.56 Å². The second-order valence-electron chi connectivity index (χ2n) is 3.87. The Balaban J connectivity index is 2.30. The summed E-state index contributed by atoms with van der Waals surface area (Å²) in [6, 6.07) is 6.37. The van der Waals surface area contributed by atoms with Crippen molar-refractivity contribution in [2.24, 2.45) is 0 Å². The first kappa shape index (κ1) is 11.4. The molecule has 0 spiro atoms. The van der Waals surface area contributed by atoms with Gasteiger partial charge in [0.25, 0.3) is 0 Å². The number of nitrogens with zero attached hydrogens (tertiary/aromatic N) is 1. The molecule has 0 saturated carbocycles. The van der Waals surface area contributed by atoms with Crippen molar-refractivity contribution >= 4 is 27.5 Å². The standard InChI is InChI=1S/C11H14BrClN2/c1-15-5-4-14-7-11(15)9-6-8(13)2-3-10(9)12/h2-3,6,11,14H,4-5,7H2,1H3. The number of hydrogen-bond donors (Lipinski definition) is 1. The molecular weight excluding hydrogens is 275 g/mol. The lowest BCUT2D eigenvalue weighted by Crippen LogP contribution is -2.43. The van der Waals surface area contributed by atoms with E-state index in [0.29, 0.717) is 6.04 Å². The van der Waals surface area contributed by atoms with Crippen molar-refractivity contribution in [3.63, 3.8) is 0 Å². The zero-order chi connectivity index (χ0) is 10.8. The van der Waals surface area contributed by atoms with E-state index in [-0.39, 0.29) is 0 Å². The molecule has 1 heterocycles. The third-order valence-corrected chi connectivity index (χ3v) is 3.79. The van der Waals surface area contributed by atoms with Crippen molar-refractivity contribution in [1.29, 1.82) is 0 Å². The lowest BCUT2D eigenvalue weighted by Gasteiger charge is -2.34. The molecule has 2 nitrogen and oxygen atoms in total. The maximum Gasteiger partial charge on any atom is 0.0481 e. The Bertz CT molecular complexity index is 356. The van der Waals surface area contributed by atoms with Crippen molar-refractivity contribution in [1.82, 2.24) is 10.2 Å². The number of nitrogens with one attached hydrogen (secondary N) is 1. The van der Waals surface area contributed by atoms with E-state index in [2.05, 4.69) is 33.2 Å². The quantitative estimate of drug-likeness (QED) is 0.855. The third kappa shape index (κ3) is 2.53. The average molecular weight is 290 g/mol. The third-order valence-electron chi connectivity index (χ3n) is 2.83. The van der Waals surface area contributed by atoms with Crippen molar-refractivity contribution in [2.75, 3.05) is 26.7 Å². The van der Waals surface area contributed by atoms with Crippen LogP contribution in [-0.2, 0) is 0 Å². The molecule has 1 N–H and O–H groups in total. The minimum Gasteiger partial charge on any atom is -0.314 e. The van der Waals surface area contributed by atoms with Crippen LogP contribution in [0.5, 0.6) is 0 Å². The van der Waals surface area contributed by atoms with Gasteiger partial charge in [-0.1, -0.05) is 27.5 Å². The van der Waals surface area contributed by atoms with Gasteiger partial charge < -0.3 is 5.32 Å². The molecule has 1 aliphatic rings. The number of likely N-dealkylation sites (N-methyl/N-ethyl adjacent to an activating group) is 1. The normalized spacial score (nSPS) is 23.0. The summed E-state index contributed by atoms with van der Waals surface area (Å²) in [7, 11) is 2.15. The van der Waals surface area contributed by atoms with Gasteiger partial charge >= 0.3 is 0 Å². The highest BCUT2D eigenvalue weighted by molar-refractivity contribution is 9.10. The summed E-state index contributed by atoms with van der Waals surface area (Å²) in [6.07, 6.45) is 0. The molecule has 15 heavy (non-hydrogen) atoms. The van der Waals surface area contributed by atoms with E-state index in [9.17, 15) is 0 Å². The Morgan fingerprint density at radius 3 is 3.07 bits per heavy atom. The molecule has 82 valence electrons. The molecule has 2 rings (SSSR count). The van der Waals surface area contributed by atoms with Gasteiger partial charge in [-0.15, -0.1) is 0 Å². The molecule has 0 radical (unpaired) electrons. The van der Waals surface area contributed by atoms with E-state index in [4.69, 9.17) is 11.6 Å². The second kappa shape index (κ2) is 4.83. The molecule has 1 saturated heterocycles. The van der Waals surface area contributed by atoms with Crippen LogP contribution in [0.3, 0.4) is 0 Å². The Labute approximate surface area is 104 Å². The minimum absolute atomic E-state index is 0.409. The van der Waals surface area contributed by atoms with Crippen LogP contribution in [0.15, 0.2) is 22.7 Å². The van der Waals surface area contributed by atoms with Crippen molar-refractivity contribution < 1.29 is 0 Å². The Hall–Kier alpha value is -0.0900. The van der Waals surface area contributed by atoms with Crippen LogP contribution in [0.1, 0.15) is 11.6 Å². The smallest absolute Gasteiger partial charge is 0.0481 e. The fourth-order valence-electron chi connectivity index (χ4n) is 1.92. The molecule has 4 heteroatoms. The molecule has 0 aromatic heterocycles. The van der Waals surface area contributed by atoms with Crippen LogP contribution in [0.25, 0.3) is 0 Å². The molecule has 1 aromatic rings. The van der Waals surface area contributed by atoms with Crippen molar-refractivity contribution in [3.8, 4) is 0 Å². The number of hydrogen-bond acceptors (Lipinski definition) is 2. The SMILES string of the molecule is CN1CCNCC1c1cc(Cl)ccc1Br. The van der Waals surface area contributed by atoms with Crippen molar-refractivity contribution in [3.05, 3.63) is 33.3 Å². The molecular formula is C11H14BrClN2. The zero-order valence-electron chi connectivity index (χ0n) is 8.63. The molecule has 1 fully saturated rings. The Morgan fingerprint density at radius 1 is 1.53 bits per heavy atom. The van der Waals surface area contributed by atoms with Gasteiger partial charge in [0.1, 0.15) is 0 Å². The summed E-state index contributed by atoms with van der Waals surface area (Å²) < 4.78 is 1.13. The van der Waals surface area contributed by atoms with Gasteiger partial charge in [0.2, 0.25) is 0 Å². The average Bonchev–Trinajstić information content (AvgIpc) is 2.23. The van der Waals surface area contributed by atoms with E-state index >= 15 is 0 Å². The molecule has 1 unspecified atom stereocenters. The predicted molar refractivity (Wildman–Crippen MR) is 67.4 cm³/mol. The minimum atomic E-state index is 0.409. The summed E-state index contributed by atoms with van der Waals surface area (Å²) in [5, 5.41) is 4.20. The Morgan fingerprint density at radius 2 is 2.33 bits per heavy atom. The monoisotopic (exact) mass is 288 g/mol. The first-order chi connectivity index (χ1) is 7.18. The lowest BCUT2D eigenvalue weighted by atomic mass is 10.0. The second-order valence-corrected chi connectivity index (χ2v) is 5.16. The van der Waals surface area contributed by atoms with Gasteiger partial charge in [0.05, 0.1) is 0 Å². The highest BCUT2D eigenvalue weighted by atomic mass is 79.9. The van der Waals surface area contributed by atoms with E-state index in [0.717, 1.165) is 29.1 Å². The van der Waals surface area contributed by atoms with Crippen LogP contribution in [0, 0.1) is 0 Å². The maximum absolute atomic E-state index is 6.02. The lowest BCUT2D eigenvalue weighted by molar-refractivity contribution is 0.202. The van der Waals surface area contributed by atoms with Crippen LogP contribution < -0.4 is 5.32 Å². The summed E-state index contributed by atoms with van der Waals surface area (Å²) in [5.74, 6) is 0. The van der Waals surface area contributed by atoms with Gasteiger partial charge in [0.15, 0.2) is 0 Å². The summed E-state index contributed by atoms with van der Waals surface area (Å²) in [4.78, 5) is 2.35. The van der Waals surface area contributed by atoms with Crippen LogP contribution in [0.2, 0.25) is 5.02 Å². The van der Waals surface area contributed by atoms with Gasteiger partial charge in [-0.05, 0) is 30.8 Å². The molecule has 1 aliphatic heterocycles. The molecule has 1 atom stereocenters. The molecule has 0 amide bonds. The number of rotatable bonds is 1. The largest absolute Gasteiger partial charge is 0.314 e. The topological polar surface area (TPSA) is 15.3 Å². The summed E-state index contributed by atoms with van der Waals surface area (Å²) in [6.45, 7) is 3.12. The highest BCUT2D eigenvalue weighted by Gasteiger charge is 2.22. The molecule has 0 bridgehead atoms. The van der Waals surface area contributed by atoms with E-state index in [1.807, 2.05) is 18.2 Å². The summed E-state index contributed by atoms with van der Waals surface area (Å²) >= 11 is 9.60. The summed E-state index contributed by atoms with van der Waals surface area (Å²) in [5.41, 5.74) is 1.26. The van der Waals surface area contributed by atoms with Crippen LogP contribution >= 0.6 is 27.5 Å². The highest BCUT2D eigenvalue weighted by Crippen LogP contribution is 2.30. The van der Waals surface area contributed by atoms with Crippen LogP contribution in [0.4, 0.5) is 0 Å². The van der Waals surface area contributed by atoms with E-state index < -0.39 is 0 Å². The van der Waals surface area contributed by atoms with Crippen LogP contribution in [-0.4, -0.2) is 31.6 Å². The Kier molecular flexibility index (Phi) is 3.67. The number of piperazine rings is 1. The fraction of sp³-hybridized carbons (Fsp3) is 0.455. The van der Waals surface area contributed by atoms with Crippen molar-refractivity contribution in [2.45, 2.75) is 6.04 Å². The number of benzene rings is 1. The maximum atomic E-state index is 6.02. The predicted octanol–water partition coefficient (Wildman–Crippen LogP) is 2.68. The number of halogens is 2. The molecule has 0 aliphatic carbocycles. The van der Waals surface area contributed by atoms with Gasteiger partial charge in [-0.25, -0.2) is 0 Å². The molecule has 1 aromatic carbocycles. The zero-order valence-corrected chi connectivity index (χ0v) is 11.0.